The van der Waals surface area contributed by atoms with Crippen LogP contribution in [0.3, 0.4) is 0 Å². The summed E-state index contributed by atoms with van der Waals surface area (Å²) >= 11 is 0. The Labute approximate surface area is 148 Å². The molecule has 1 amide bonds. The third-order valence-corrected chi connectivity index (χ3v) is 4.75. The van der Waals surface area contributed by atoms with Crippen molar-refractivity contribution in [1.82, 2.24) is 0 Å². The molecule has 132 valence electrons. The van der Waals surface area contributed by atoms with E-state index in [4.69, 9.17) is 11.5 Å². The maximum absolute atomic E-state index is 11.8. The molecule has 1 aliphatic rings. The molecular weight excluding hydrogens is 312 g/mol. The van der Waals surface area contributed by atoms with E-state index < -0.39 is 5.91 Å². The number of carbonyl (C=O) groups is 1. The van der Waals surface area contributed by atoms with Crippen molar-refractivity contribution in [3.63, 3.8) is 0 Å². The molecule has 0 radical (unpaired) electrons. The molecular formula is C20H26N4O. The molecule has 0 aromatic heterocycles. The highest BCUT2D eigenvalue weighted by molar-refractivity contribution is 6.00. The number of carbonyl (C=O) groups excluding carboxylic acids is 1. The highest BCUT2D eigenvalue weighted by Gasteiger charge is 2.22. The number of aryl methyl sites for hydroxylation is 1. The molecule has 0 saturated heterocycles. The number of nitrogens with one attached hydrogen (secondary N) is 2. The Bertz CT molecular complexity index is 759. The second-order valence-corrected chi connectivity index (χ2v) is 6.82. The molecule has 0 bridgehead atoms. The van der Waals surface area contributed by atoms with Crippen LogP contribution in [0.2, 0.25) is 0 Å². The summed E-state index contributed by atoms with van der Waals surface area (Å²) in [5.41, 5.74) is 16.0. The molecule has 0 unspecified atom stereocenters. The van der Waals surface area contributed by atoms with Crippen LogP contribution in [-0.2, 0) is 0 Å². The molecule has 2 aromatic carbocycles. The van der Waals surface area contributed by atoms with Crippen LogP contribution in [0.15, 0.2) is 42.5 Å². The number of anilines is 3. The van der Waals surface area contributed by atoms with Crippen molar-refractivity contribution in [2.45, 2.75) is 44.7 Å². The quantitative estimate of drug-likeness (QED) is 0.671. The number of nitrogens with two attached hydrogens (primary N) is 2. The fourth-order valence-corrected chi connectivity index (χ4v) is 3.38. The minimum atomic E-state index is -0.448. The first-order chi connectivity index (χ1) is 12.0. The van der Waals surface area contributed by atoms with E-state index in [1.165, 1.54) is 12.8 Å². The zero-order valence-electron chi connectivity index (χ0n) is 14.6. The first-order valence-corrected chi connectivity index (χ1v) is 8.82. The first-order valence-electron chi connectivity index (χ1n) is 8.82. The van der Waals surface area contributed by atoms with Crippen molar-refractivity contribution in [3.8, 4) is 0 Å². The van der Waals surface area contributed by atoms with Gasteiger partial charge in [-0.3, -0.25) is 4.79 Å². The summed E-state index contributed by atoms with van der Waals surface area (Å²) in [4.78, 5) is 11.8. The summed E-state index contributed by atoms with van der Waals surface area (Å²) in [5.74, 6) is -0.448. The van der Waals surface area contributed by atoms with E-state index in [2.05, 4.69) is 10.6 Å². The van der Waals surface area contributed by atoms with Gasteiger partial charge in [-0.1, -0.05) is 25.0 Å². The summed E-state index contributed by atoms with van der Waals surface area (Å²) in [6.07, 6.45) is 4.50. The average Bonchev–Trinajstić information content (AvgIpc) is 2.57. The van der Waals surface area contributed by atoms with Crippen LogP contribution in [0.1, 0.15) is 41.6 Å². The topological polar surface area (TPSA) is 93.2 Å². The van der Waals surface area contributed by atoms with Crippen molar-refractivity contribution < 1.29 is 4.79 Å². The van der Waals surface area contributed by atoms with Gasteiger partial charge in [0, 0.05) is 23.5 Å². The van der Waals surface area contributed by atoms with E-state index in [0.717, 1.165) is 29.8 Å². The van der Waals surface area contributed by atoms with Gasteiger partial charge in [0.05, 0.1) is 11.3 Å². The van der Waals surface area contributed by atoms with Gasteiger partial charge in [-0.05, 0) is 55.7 Å². The van der Waals surface area contributed by atoms with Gasteiger partial charge in [-0.2, -0.15) is 0 Å². The zero-order valence-corrected chi connectivity index (χ0v) is 14.6. The second-order valence-electron chi connectivity index (χ2n) is 6.82. The van der Waals surface area contributed by atoms with Gasteiger partial charge in [-0.15, -0.1) is 0 Å². The number of hydrogen-bond donors (Lipinski definition) is 4. The van der Waals surface area contributed by atoms with Gasteiger partial charge in [0.2, 0.25) is 0 Å². The molecule has 5 heteroatoms. The summed E-state index contributed by atoms with van der Waals surface area (Å²) in [5, 5.41) is 6.83. The predicted octanol–water partition coefficient (Wildman–Crippen LogP) is 3.52. The smallest absolute Gasteiger partial charge is 0.250 e. The molecule has 3 rings (SSSR count). The number of amides is 1. The van der Waals surface area contributed by atoms with Gasteiger partial charge in [-0.25, -0.2) is 0 Å². The SMILES string of the molecule is Cc1cccc(Nc2cc(N[C@@H]3CCCC[C@@H]3N)ccc2C(N)=O)c1. The lowest BCUT2D eigenvalue weighted by Crippen LogP contribution is -2.42. The van der Waals surface area contributed by atoms with E-state index in [1.54, 1.807) is 6.07 Å². The van der Waals surface area contributed by atoms with E-state index in [1.807, 2.05) is 43.3 Å². The Kier molecular flexibility index (Phi) is 5.24. The maximum Gasteiger partial charge on any atom is 0.250 e. The summed E-state index contributed by atoms with van der Waals surface area (Å²) in [6.45, 7) is 2.03. The Balaban J connectivity index is 1.85. The number of primary amides is 1. The van der Waals surface area contributed by atoms with Crippen molar-refractivity contribution in [3.05, 3.63) is 53.6 Å². The van der Waals surface area contributed by atoms with Crippen LogP contribution in [0, 0.1) is 6.92 Å². The molecule has 0 heterocycles. The highest BCUT2D eigenvalue weighted by Crippen LogP contribution is 2.27. The van der Waals surface area contributed by atoms with Crippen LogP contribution >= 0.6 is 0 Å². The Morgan fingerprint density at radius 2 is 1.88 bits per heavy atom. The molecule has 1 fully saturated rings. The molecule has 2 atom stereocenters. The van der Waals surface area contributed by atoms with E-state index in [-0.39, 0.29) is 12.1 Å². The van der Waals surface area contributed by atoms with Crippen LogP contribution in [-0.4, -0.2) is 18.0 Å². The standard InChI is InChI=1S/C20H26N4O/c1-13-5-4-6-14(11-13)24-19-12-15(9-10-16(19)20(22)25)23-18-8-3-2-7-17(18)21/h4-6,9-12,17-18,23-24H,2-3,7-8,21H2,1H3,(H2,22,25)/t17-,18+/m0/s1. The van der Waals surface area contributed by atoms with Crippen molar-refractivity contribution in [2.24, 2.45) is 11.5 Å². The van der Waals surface area contributed by atoms with Gasteiger partial charge < -0.3 is 22.1 Å². The lowest BCUT2D eigenvalue weighted by atomic mass is 9.91. The number of benzene rings is 2. The Morgan fingerprint density at radius 3 is 2.60 bits per heavy atom. The lowest BCUT2D eigenvalue weighted by molar-refractivity contribution is 0.100. The number of hydrogen-bond acceptors (Lipinski definition) is 4. The number of rotatable bonds is 5. The van der Waals surface area contributed by atoms with Crippen molar-refractivity contribution >= 4 is 23.0 Å². The largest absolute Gasteiger partial charge is 0.381 e. The average molecular weight is 338 g/mol. The van der Waals surface area contributed by atoms with Crippen molar-refractivity contribution in [2.75, 3.05) is 10.6 Å². The van der Waals surface area contributed by atoms with Gasteiger partial charge in [0.1, 0.15) is 0 Å². The van der Waals surface area contributed by atoms with E-state index in [9.17, 15) is 4.79 Å². The molecule has 25 heavy (non-hydrogen) atoms. The fraction of sp³-hybridized carbons (Fsp3) is 0.350. The van der Waals surface area contributed by atoms with Crippen LogP contribution in [0.4, 0.5) is 17.1 Å². The van der Waals surface area contributed by atoms with Gasteiger partial charge in [0.25, 0.3) is 5.91 Å². The molecule has 0 aliphatic heterocycles. The Morgan fingerprint density at radius 1 is 1.08 bits per heavy atom. The van der Waals surface area contributed by atoms with Crippen LogP contribution in [0.5, 0.6) is 0 Å². The third kappa shape index (κ3) is 4.31. The second kappa shape index (κ2) is 7.57. The fourth-order valence-electron chi connectivity index (χ4n) is 3.38. The molecule has 1 aliphatic carbocycles. The Hall–Kier alpha value is -2.53. The van der Waals surface area contributed by atoms with Gasteiger partial charge in [0.15, 0.2) is 0 Å². The molecule has 2 aromatic rings. The summed E-state index contributed by atoms with van der Waals surface area (Å²) in [7, 11) is 0. The van der Waals surface area contributed by atoms with Crippen LogP contribution in [0.25, 0.3) is 0 Å². The normalized spacial score (nSPS) is 20.1. The van der Waals surface area contributed by atoms with E-state index in [0.29, 0.717) is 11.3 Å². The lowest BCUT2D eigenvalue weighted by Gasteiger charge is -2.30. The highest BCUT2D eigenvalue weighted by atomic mass is 16.1. The van der Waals surface area contributed by atoms with Crippen molar-refractivity contribution in [1.29, 1.82) is 0 Å². The summed E-state index contributed by atoms with van der Waals surface area (Å²) < 4.78 is 0. The minimum absolute atomic E-state index is 0.165. The molecule has 6 N–H and O–H groups in total. The first kappa shape index (κ1) is 17.3. The third-order valence-electron chi connectivity index (χ3n) is 4.75. The molecule has 1 saturated carbocycles. The van der Waals surface area contributed by atoms with E-state index >= 15 is 0 Å². The maximum atomic E-state index is 11.8. The van der Waals surface area contributed by atoms with Gasteiger partial charge >= 0.3 is 0 Å². The monoisotopic (exact) mass is 338 g/mol. The molecule has 5 nitrogen and oxygen atoms in total. The predicted molar refractivity (Wildman–Crippen MR) is 103 cm³/mol. The molecule has 0 spiro atoms. The summed E-state index contributed by atoms with van der Waals surface area (Å²) in [6, 6.07) is 14.0. The zero-order chi connectivity index (χ0) is 17.8. The van der Waals surface area contributed by atoms with Crippen LogP contribution < -0.4 is 22.1 Å². The minimum Gasteiger partial charge on any atom is -0.381 e.